The molecule has 2 aromatic heterocycles. The molecular weight excluding hydrogens is 252 g/mol. The fourth-order valence-corrected chi connectivity index (χ4v) is 2.53. The Morgan fingerprint density at radius 1 is 1.15 bits per heavy atom. The van der Waals surface area contributed by atoms with Crippen molar-refractivity contribution in [3.63, 3.8) is 0 Å². The topological polar surface area (TPSA) is 63.2 Å². The molecule has 0 spiro atoms. The van der Waals surface area contributed by atoms with E-state index in [1.165, 1.54) is 5.56 Å². The highest BCUT2D eigenvalue weighted by molar-refractivity contribution is 5.46. The van der Waals surface area contributed by atoms with Crippen LogP contribution in [0.3, 0.4) is 0 Å². The van der Waals surface area contributed by atoms with Crippen LogP contribution in [0.25, 0.3) is 0 Å². The minimum Gasteiger partial charge on any atom is -0.397 e. The number of anilines is 2. The lowest BCUT2D eigenvalue weighted by Crippen LogP contribution is -2.46. The molecule has 0 atom stereocenters. The van der Waals surface area contributed by atoms with Gasteiger partial charge in [-0.15, -0.1) is 0 Å². The Labute approximate surface area is 118 Å². The first-order chi connectivity index (χ1) is 9.70. The van der Waals surface area contributed by atoms with Gasteiger partial charge in [0.1, 0.15) is 5.82 Å². The van der Waals surface area contributed by atoms with Crippen molar-refractivity contribution >= 4 is 11.5 Å². The van der Waals surface area contributed by atoms with E-state index in [4.69, 9.17) is 5.73 Å². The van der Waals surface area contributed by atoms with Gasteiger partial charge >= 0.3 is 0 Å². The number of piperazine rings is 1. The molecule has 0 saturated carbocycles. The Hall–Kier alpha value is -2.08. The molecule has 1 aliphatic heterocycles. The van der Waals surface area contributed by atoms with E-state index in [1.54, 1.807) is 6.20 Å². The van der Waals surface area contributed by atoms with Crippen molar-refractivity contribution in [2.75, 3.05) is 36.8 Å². The Morgan fingerprint density at radius 3 is 2.55 bits per heavy atom. The molecule has 106 valence electrons. The first-order valence-corrected chi connectivity index (χ1v) is 6.87. The zero-order valence-corrected chi connectivity index (χ0v) is 11.7. The maximum absolute atomic E-state index is 5.67. The molecule has 3 rings (SSSR count). The summed E-state index contributed by atoms with van der Waals surface area (Å²) in [6.45, 7) is 5.05. The molecular formula is C14H20N6. The van der Waals surface area contributed by atoms with Crippen molar-refractivity contribution in [3.8, 4) is 0 Å². The second kappa shape index (κ2) is 5.50. The summed E-state index contributed by atoms with van der Waals surface area (Å²) in [5.41, 5.74) is 7.65. The van der Waals surface area contributed by atoms with Crippen molar-refractivity contribution < 1.29 is 0 Å². The van der Waals surface area contributed by atoms with Gasteiger partial charge in [-0.2, -0.15) is 5.10 Å². The van der Waals surface area contributed by atoms with Gasteiger partial charge in [0.05, 0.1) is 18.1 Å². The number of nitrogens with two attached hydrogens (primary N) is 1. The van der Waals surface area contributed by atoms with E-state index >= 15 is 0 Å². The Kier molecular flexibility index (Phi) is 3.56. The third-order valence-electron chi connectivity index (χ3n) is 3.63. The van der Waals surface area contributed by atoms with E-state index in [0.29, 0.717) is 5.69 Å². The lowest BCUT2D eigenvalue weighted by molar-refractivity contribution is 0.249. The summed E-state index contributed by atoms with van der Waals surface area (Å²) in [4.78, 5) is 9.14. The maximum Gasteiger partial charge on any atom is 0.128 e. The van der Waals surface area contributed by atoms with Crippen molar-refractivity contribution in [1.29, 1.82) is 0 Å². The SMILES string of the molecule is Cn1cc(CN2CCN(c3ccc(N)cn3)CC2)cn1. The summed E-state index contributed by atoms with van der Waals surface area (Å²) in [6, 6.07) is 3.90. The van der Waals surface area contributed by atoms with E-state index in [-0.39, 0.29) is 0 Å². The minimum absolute atomic E-state index is 0.712. The quantitative estimate of drug-likeness (QED) is 0.892. The molecule has 0 radical (unpaired) electrons. The van der Waals surface area contributed by atoms with Gasteiger partial charge in [0.25, 0.3) is 0 Å². The van der Waals surface area contributed by atoms with E-state index in [2.05, 4.69) is 26.1 Å². The summed E-state index contributed by atoms with van der Waals surface area (Å²) in [7, 11) is 1.95. The van der Waals surface area contributed by atoms with Crippen molar-refractivity contribution in [1.82, 2.24) is 19.7 Å². The number of nitrogens with zero attached hydrogens (tertiary/aromatic N) is 5. The molecule has 0 aromatic carbocycles. The summed E-state index contributed by atoms with van der Waals surface area (Å²) >= 11 is 0. The van der Waals surface area contributed by atoms with Crippen LogP contribution in [0.2, 0.25) is 0 Å². The number of nitrogen functional groups attached to an aromatic ring is 1. The summed E-state index contributed by atoms with van der Waals surface area (Å²) in [5, 5.41) is 4.21. The molecule has 1 aliphatic rings. The zero-order valence-electron chi connectivity index (χ0n) is 11.7. The second-order valence-corrected chi connectivity index (χ2v) is 5.24. The van der Waals surface area contributed by atoms with E-state index in [9.17, 15) is 0 Å². The predicted molar refractivity (Wildman–Crippen MR) is 79.3 cm³/mol. The molecule has 0 bridgehead atoms. The van der Waals surface area contributed by atoms with Gasteiger partial charge < -0.3 is 10.6 Å². The van der Waals surface area contributed by atoms with Gasteiger partial charge in [0.2, 0.25) is 0 Å². The number of pyridine rings is 1. The molecule has 0 unspecified atom stereocenters. The van der Waals surface area contributed by atoms with Gasteiger partial charge in [0, 0.05) is 51.5 Å². The Morgan fingerprint density at radius 2 is 1.95 bits per heavy atom. The number of aryl methyl sites for hydroxylation is 1. The van der Waals surface area contributed by atoms with Gasteiger partial charge in [-0.05, 0) is 12.1 Å². The molecule has 0 aliphatic carbocycles. The smallest absolute Gasteiger partial charge is 0.128 e. The average Bonchev–Trinajstić information content (AvgIpc) is 2.86. The van der Waals surface area contributed by atoms with Crippen molar-refractivity contribution in [3.05, 3.63) is 36.3 Å². The van der Waals surface area contributed by atoms with Crippen LogP contribution in [0.1, 0.15) is 5.56 Å². The van der Waals surface area contributed by atoms with Crippen LogP contribution in [-0.4, -0.2) is 45.8 Å². The van der Waals surface area contributed by atoms with Crippen molar-refractivity contribution in [2.45, 2.75) is 6.54 Å². The lowest BCUT2D eigenvalue weighted by atomic mass is 10.2. The van der Waals surface area contributed by atoms with Crippen LogP contribution in [0.15, 0.2) is 30.7 Å². The van der Waals surface area contributed by atoms with Crippen molar-refractivity contribution in [2.24, 2.45) is 7.05 Å². The first-order valence-electron chi connectivity index (χ1n) is 6.87. The normalized spacial score (nSPS) is 16.6. The standard InChI is InChI=1S/C14H20N6/c1-18-10-12(8-17-18)11-19-4-6-20(7-5-19)14-3-2-13(15)9-16-14/h2-3,8-10H,4-7,11,15H2,1H3. The van der Waals surface area contributed by atoms with Gasteiger partial charge in [-0.3, -0.25) is 9.58 Å². The molecule has 3 heterocycles. The number of hydrogen-bond acceptors (Lipinski definition) is 5. The monoisotopic (exact) mass is 272 g/mol. The van der Waals surface area contributed by atoms with Crippen LogP contribution in [0.4, 0.5) is 11.5 Å². The molecule has 1 saturated heterocycles. The van der Waals surface area contributed by atoms with E-state index in [0.717, 1.165) is 38.5 Å². The van der Waals surface area contributed by atoms with E-state index < -0.39 is 0 Å². The minimum atomic E-state index is 0.712. The predicted octanol–water partition coefficient (Wildman–Crippen LogP) is 0.719. The molecule has 20 heavy (non-hydrogen) atoms. The second-order valence-electron chi connectivity index (χ2n) is 5.24. The van der Waals surface area contributed by atoms with Gasteiger partial charge in [0.15, 0.2) is 0 Å². The largest absolute Gasteiger partial charge is 0.397 e. The highest BCUT2D eigenvalue weighted by Crippen LogP contribution is 2.15. The Bertz CT molecular complexity index is 553. The third-order valence-corrected chi connectivity index (χ3v) is 3.63. The highest BCUT2D eigenvalue weighted by Gasteiger charge is 2.18. The highest BCUT2D eigenvalue weighted by atomic mass is 15.3. The van der Waals surface area contributed by atoms with Crippen LogP contribution < -0.4 is 10.6 Å². The number of aromatic nitrogens is 3. The molecule has 1 fully saturated rings. The molecule has 0 amide bonds. The molecule has 6 heteroatoms. The molecule has 2 aromatic rings. The summed E-state index contributed by atoms with van der Waals surface area (Å²) < 4.78 is 1.85. The fourth-order valence-electron chi connectivity index (χ4n) is 2.53. The van der Waals surface area contributed by atoms with Gasteiger partial charge in [-0.1, -0.05) is 0 Å². The van der Waals surface area contributed by atoms with Crippen LogP contribution in [0, 0.1) is 0 Å². The summed E-state index contributed by atoms with van der Waals surface area (Å²) in [6.07, 6.45) is 5.74. The molecule has 2 N–H and O–H groups in total. The van der Waals surface area contributed by atoms with Crippen LogP contribution >= 0.6 is 0 Å². The van der Waals surface area contributed by atoms with Crippen LogP contribution in [0.5, 0.6) is 0 Å². The van der Waals surface area contributed by atoms with Gasteiger partial charge in [-0.25, -0.2) is 4.98 Å². The first kappa shape index (κ1) is 12.9. The fraction of sp³-hybridized carbons (Fsp3) is 0.429. The molecule has 6 nitrogen and oxygen atoms in total. The third kappa shape index (κ3) is 2.91. The number of rotatable bonds is 3. The zero-order chi connectivity index (χ0) is 13.9. The lowest BCUT2D eigenvalue weighted by Gasteiger charge is -2.35. The number of hydrogen-bond donors (Lipinski definition) is 1. The average molecular weight is 272 g/mol. The van der Waals surface area contributed by atoms with Crippen LogP contribution in [-0.2, 0) is 13.6 Å². The van der Waals surface area contributed by atoms with E-state index in [1.807, 2.05) is 30.1 Å². The maximum atomic E-state index is 5.67. The Balaban J connectivity index is 1.55. The summed E-state index contributed by atoms with van der Waals surface area (Å²) in [5.74, 6) is 1.01.